The molecule has 3 rings (SSSR count). The Hall–Kier alpha value is -2.53. The van der Waals surface area contributed by atoms with Crippen LogP contribution < -0.4 is 0 Å². The topological polar surface area (TPSA) is 85.0 Å². The lowest BCUT2D eigenvalue weighted by atomic mass is 10.1. The van der Waals surface area contributed by atoms with E-state index in [1.165, 1.54) is 33.3 Å². The third kappa shape index (κ3) is 5.04. The average Bonchev–Trinajstić information content (AvgIpc) is 3.03. The van der Waals surface area contributed by atoms with E-state index in [9.17, 15) is 13.2 Å². The van der Waals surface area contributed by atoms with Crippen LogP contribution in [0.25, 0.3) is 11.1 Å². The van der Waals surface area contributed by atoms with E-state index in [0.717, 1.165) is 15.4 Å². The van der Waals surface area contributed by atoms with Gasteiger partial charge in [-0.2, -0.15) is 0 Å². The second kappa shape index (κ2) is 9.31. The van der Waals surface area contributed by atoms with E-state index < -0.39 is 10.0 Å². The van der Waals surface area contributed by atoms with Crippen molar-refractivity contribution < 1.29 is 22.4 Å². The van der Waals surface area contributed by atoms with Crippen molar-refractivity contribution in [2.75, 3.05) is 27.7 Å². The Kier molecular flexibility index (Phi) is 6.95. The molecule has 0 amide bonds. The quantitative estimate of drug-likeness (QED) is 0.375. The first-order chi connectivity index (χ1) is 14.6. The van der Waals surface area contributed by atoms with Crippen molar-refractivity contribution in [1.29, 1.82) is 0 Å². The van der Waals surface area contributed by atoms with Gasteiger partial charge < -0.3 is 9.15 Å². The number of sulfonamides is 1. The van der Waals surface area contributed by atoms with Crippen LogP contribution >= 0.6 is 12.2 Å². The molecule has 8 nitrogen and oxygen atoms in total. The molecule has 166 valence electrons. The molecule has 31 heavy (non-hydrogen) atoms. The summed E-state index contributed by atoms with van der Waals surface area (Å²) in [5, 5.41) is 0. The molecular formula is C21H25N3O5S2. The number of fused-ring (bicyclic) bond motifs is 1. The predicted octanol–water partition coefficient (Wildman–Crippen LogP) is 3.16. The van der Waals surface area contributed by atoms with Crippen LogP contribution in [-0.4, -0.2) is 55.9 Å². The summed E-state index contributed by atoms with van der Waals surface area (Å²) in [6.45, 7) is 2.74. The van der Waals surface area contributed by atoms with Crippen molar-refractivity contribution in [3.8, 4) is 0 Å². The first-order valence-corrected chi connectivity index (χ1v) is 11.4. The molecule has 3 aromatic rings. The summed E-state index contributed by atoms with van der Waals surface area (Å²) < 4.78 is 38.5. The summed E-state index contributed by atoms with van der Waals surface area (Å²) in [4.78, 5) is 14.2. The molecule has 0 bridgehead atoms. The van der Waals surface area contributed by atoms with E-state index in [1.54, 1.807) is 10.6 Å². The molecule has 0 aliphatic rings. The van der Waals surface area contributed by atoms with Gasteiger partial charge in [0.25, 0.3) is 4.84 Å². The molecule has 1 heterocycles. The first kappa shape index (κ1) is 23.1. The summed E-state index contributed by atoms with van der Waals surface area (Å²) in [6, 6.07) is 12.5. The number of oxazole rings is 1. The molecule has 10 heteroatoms. The monoisotopic (exact) mass is 463 g/mol. The molecule has 0 radical (unpaired) electrons. The minimum atomic E-state index is -3.62. The molecule has 0 spiro atoms. The highest BCUT2D eigenvalue weighted by molar-refractivity contribution is 7.89. The fourth-order valence-electron chi connectivity index (χ4n) is 3.18. The molecule has 0 fully saturated rings. The second-order valence-electron chi connectivity index (χ2n) is 7.34. The largest absolute Gasteiger partial charge is 0.468 e. The van der Waals surface area contributed by atoms with Gasteiger partial charge in [-0.25, -0.2) is 12.7 Å². The maximum absolute atomic E-state index is 12.6. The number of rotatable bonds is 8. The highest BCUT2D eigenvalue weighted by Gasteiger charge is 2.21. The van der Waals surface area contributed by atoms with E-state index in [-0.39, 0.29) is 28.9 Å². The Labute approximate surface area is 186 Å². The zero-order valence-corrected chi connectivity index (χ0v) is 19.5. The zero-order valence-electron chi connectivity index (χ0n) is 17.9. The van der Waals surface area contributed by atoms with Crippen molar-refractivity contribution in [1.82, 2.24) is 13.8 Å². The molecule has 0 aliphatic carbocycles. The number of hydrogen-bond acceptors (Lipinski definition) is 7. The van der Waals surface area contributed by atoms with Gasteiger partial charge in [-0.05, 0) is 48.5 Å². The van der Waals surface area contributed by atoms with Crippen LogP contribution in [0.5, 0.6) is 0 Å². The number of esters is 1. The van der Waals surface area contributed by atoms with Crippen molar-refractivity contribution in [2.24, 2.45) is 0 Å². The molecular weight excluding hydrogens is 438 g/mol. The zero-order chi connectivity index (χ0) is 22.8. The molecule has 0 saturated carbocycles. The number of aromatic nitrogens is 1. The van der Waals surface area contributed by atoms with Crippen LogP contribution in [-0.2, 0) is 32.8 Å². The number of hydrogen-bond donors (Lipinski definition) is 0. The van der Waals surface area contributed by atoms with Gasteiger partial charge in [-0.15, -0.1) is 0 Å². The molecule has 1 aromatic heterocycles. The van der Waals surface area contributed by atoms with Gasteiger partial charge in [0.1, 0.15) is 0 Å². The van der Waals surface area contributed by atoms with Crippen molar-refractivity contribution in [2.45, 2.75) is 25.0 Å². The van der Waals surface area contributed by atoms with E-state index >= 15 is 0 Å². The molecule has 0 aliphatic heterocycles. The molecule has 0 unspecified atom stereocenters. The van der Waals surface area contributed by atoms with E-state index in [1.807, 2.05) is 36.1 Å². The van der Waals surface area contributed by atoms with Crippen molar-refractivity contribution in [3.05, 3.63) is 58.4 Å². The summed E-state index contributed by atoms with van der Waals surface area (Å²) >= 11 is 5.39. The summed E-state index contributed by atoms with van der Waals surface area (Å²) in [7, 11) is 0.662. The number of benzene rings is 2. The number of nitrogens with zero attached hydrogens (tertiary/aromatic N) is 3. The van der Waals surface area contributed by atoms with Gasteiger partial charge in [0.15, 0.2) is 5.58 Å². The third-order valence-electron chi connectivity index (χ3n) is 4.99. The van der Waals surface area contributed by atoms with Crippen LogP contribution in [0.4, 0.5) is 0 Å². The number of aryl methyl sites for hydroxylation is 1. The number of ether oxygens (including phenoxy) is 1. The lowest BCUT2D eigenvalue weighted by Crippen LogP contribution is -2.32. The average molecular weight is 464 g/mol. The van der Waals surface area contributed by atoms with Gasteiger partial charge in [0.2, 0.25) is 10.0 Å². The van der Waals surface area contributed by atoms with E-state index in [4.69, 9.17) is 21.4 Å². The fourth-order valence-corrected chi connectivity index (χ4v) is 4.35. The third-order valence-corrected chi connectivity index (χ3v) is 7.11. The summed E-state index contributed by atoms with van der Waals surface area (Å²) in [6.07, 6.45) is 0. The standard InChI is InChI=1S/C21H25N3O5S2/c1-15-7-5-6-8-16(15)12-23(13-20(25)28-4)14-24-18-11-17(31(26,27)22(2)3)9-10-19(18)29-21(24)30/h5-11H,12-14H2,1-4H3. The van der Waals surface area contributed by atoms with E-state index in [0.29, 0.717) is 17.6 Å². The highest BCUT2D eigenvalue weighted by Crippen LogP contribution is 2.24. The van der Waals surface area contributed by atoms with Crippen LogP contribution in [0.3, 0.4) is 0 Å². The van der Waals surface area contributed by atoms with Gasteiger partial charge in [0.05, 0.1) is 30.7 Å². The Bertz CT molecular complexity index is 1260. The van der Waals surface area contributed by atoms with Crippen LogP contribution in [0.15, 0.2) is 51.8 Å². The van der Waals surface area contributed by atoms with Crippen LogP contribution in [0.1, 0.15) is 11.1 Å². The maximum Gasteiger partial charge on any atom is 0.319 e. The van der Waals surface area contributed by atoms with E-state index in [2.05, 4.69) is 0 Å². The van der Waals surface area contributed by atoms with Gasteiger partial charge in [-0.1, -0.05) is 24.3 Å². The Morgan fingerprint density at radius 2 is 1.90 bits per heavy atom. The normalized spacial score (nSPS) is 12.1. The number of carbonyl (C=O) groups is 1. The molecule has 2 aromatic carbocycles. The first-order valence-electron chi connectivity index (χ1n) is 9.53. The highest BCUT2D eigenvalue weighted by atomic mass is 32.2. The lowest BCUT2D eigenvalue weighted by molar-refractivity contribution is -0.142. The smallest absolute Gasteiger partial charge is 0.319 e. The Balaban J connectivity index is 2.02. The van der Waals surface area contributed by atoms with Gasteiger partial charge in [-0.3, -0.25) is 14.3 Å². The van der Waals surface area contributed by atoms with Gasteiger partial charge >= 0.3 is 5.97 Å². The predicted molar refractivity (Wildman–Crippen MR) is 120 cm³/mol. The van der Waals surface area contributed by atoms with Crippen LogP contribution in [0.2, 0.25) is 0 Å². The summed E-state index contributed by atoms with van der Waals surface area (Å²) in [5.74, 6) is -0.385. The maximum atomic E-state index is 12.6. The second-order valence-corrected chi connectivity index (χ2v) is 9.85. The Morgan fingerprint density at radius 3 is 2.55 bits per heavy atom. The molecule has 0 atom stereocenters. The number of carbonyl (C=O) groups excluding carboxylic acids is 1. The lowest BCUT2D eigenvalue weighted by Gasteiger charge is -2.22. The molecule has 0 saturated heterocycles. The van der Waals surface area contributed by atoms with Gasteiger partial charge in [0, 0.05) is 20.6 Å². The minimum absolute atomic E-state index is 0.0367. The fraction of sp³-hybridized carbons (Fsp3) is 0.333. The SMILES string of the molecule is COC(=O)CN(Cc1ccccc1C)Cn1c(=S)oc2ccc(S(=O)(=O)N(C)C)cc21. The van der Waals surface area contributed by atoms with Crippen molar-refractivity contribution >= 4 is 39.3 Å². The number of methoxy groups -OCH3 is 1. The molecule has 0 N–H and O–H groups in total. The van der Waals surface area contributed by atoms with Crippen molar-refractivity contribution in [3.63, 3.8) is 0 Å². The van der Waals surface area contributed by atoms with Crippen LogP contribution in [0, 0.1) is 11.8 Å². The summed E-state index contributed by atoms with van der Waals surface area (Å²) in [5.41, 5.74) is 3.16. The minimum Gasteiger partial charge on any atom is -0.468 e. The Morgan fingerprint density at radius 1 is 1.19 bits per heavy atom.